The second-order valence-electron chi connectivity index (χ2n) is 6.68. The highest BCUT2D eigenvalue weighted by Crippen LogP contribution is 2.13. The van der Waals surface area contributed by atoms with Gasteiger partial charge in [0.2, 0.25) is 0 Å². The second kappa shape index (κ2) is 15.9. The molecule has 1 rings (SSSR count). The number of hydrogen-bond donors (Lipinski definition) is 0. The van der Waals surface area contributed by atoms with Crippen LogP contribution in [0.1, 0.15) is 96.8 Å². The molecule has 0 amide bonds. The van der Waals surface area contributed by atoms with E-state index < -0.39 is 0 Å². The molecule has 131 valence electrons. The van der Waals surface area contributed by atoms with Gasteiger partial charge in [0.15, 0.2) is 0 Å². The van der Waals surface area contributed by atoms with Crippen molar-refractivity contribution in [3.63, 3.8) is 0 Å². The van der Waals surface area contributed by atoms with Crippen molar-refractivity contribution >= 4 is 0 Å². The largest absolute Gasteiger partial charge is 0.494 e. The van der Waals surface area contributed by atoms with E-state index in [0.717, 1.165) is 12.4 Å². The number of hydrogen-bond acceptors (Lipinski definition) is 1. The fraction of sp³-hybridized carbons (Fsp3) is 0.727. The van der Waals surface area contributed by atoms with Crippen LogP contribution in [0.4, 0.5) is 0 Å². The molecule has 0 heterocycles. The number of rotatable bonds is 16. The lowest BCUT2D eigenvalue weighted by molar-refractivity contribution is 0.304. The van der Waals surface area contributed by atoms with Gasteiger partial charge in [-0.25, -0.2) is 0 Å². The fourth-order valence-corrected chi connectivity index (χ4v) is 2.95. The van der Waals surface area contributed by atoms with Gasteiger partial charge >= 0.3 is 0 Å². The van der Waals surface area contributed by atoms with E-state index in [1.807, 2.05) is 24.3 Å². The molecule has 1 heteroatoms. The Morgan fingerprint density at radius 2 is 1.26 bits per heavy atom. The van der Waals surface area contributed by atoms with E-state index in [1.54, 1.807) is 0 Å². The first-order chi connectivity index (χ1) is 11.4. The van der Waals surface area contributed by atoms with Gasteiger partial charge in [-0.05, 0) is 24.6 Å². The third kappa shape index (κ3) is 13.2. The molecule has 0 bridgehead atoms. The SMILES string of the molecule is CCCCCCCCCCCCCCCCOc1c[c]ccc1. The minimum Gasteiger partial charge on any atom is -0.494 e. The summed E-state index contributed by atoms with van der Waals surface area (Å²) in [5.74, 6) is 0.946. The molecular formula is C22H37O. The van der Waals surface area contributed by atoms with Crippen LogP contribution in [0, 0.1) is 6.07 Å². The predicted octanol–water partition coefficient (Wildman–Crippen LogP) is 7.35. The summed E-state index contributed by atoms with van der Waals surface area (Å²) >= 11 is 0. The first-order valence-corrected chi connectivity index (χ1v) is 10.0. The third-order valence-corrected chi connectivity index (χ3v) is 4.45. The summed E-state index contributed by atoms with van der Waals surface area (Å²) in [7, 11) is 0. The van der Waals surface area contributed by atoms with Crippen molar-refractivity contribution in [3.05, 3.63) is 30.3 Å². The minimum absolute atomic E-state index is 0.843. The molecule has 1 nitrogen and oxygen atoms in total. The van der Waals surface area contributed by atoms with E-state index in [2.05, 4.69) is 13.0 Å². The quantitative estimate of drug-likeness (QED) is 0.290. The standard InChI is InChI=1S/C22H37O/c1-2-3-4-5-6-7-8-9-10-11-12-13-14-18-21-23-22-19-16-15-17-20-22/h15-16,19-20H,2-14,18,21H2,1H3. The normalized spacial score (nSPS) is 10.8. The molecule has 0 N–H and O–H groups in total. The zero-order valence-electron chi connectivity index (χ0n) is 15.3. The Bertz CT molecular complexity index is 333. The molecule has 0 aliphatic heterocycles. The first-order valence-electron chi connectivity index (χ1n) is 10.0. The van der Waals surface area contributed by atoms with E-state index in [9.17, 15) is 0 Å². The molecule has 0 aliphatic rings. The van der Waals surface area contributed by atoms with Crippen LogP contribution < -0.4 is 4.74 Å². The van der Waals surface area contributed by atoms with Crippen LogP contribution >= 0.6 is 0 Å². The number of ether oxygens (including phenoxy) is 1. The van der Waals surface area contributed by atoms with Crippen molar-refractivity contribution in [2.45, 2.75) is 96.8 Å². The highest BCUT2D eigenvalue weighted by molar-refractivity contribution is 5.19. The molecule has 1 aromatic carbocycles. The van der Waals surface area contributed by atoms with Crippen molar-refractivity contribution in [3.8, 4) is 5.75 Å². The Kier molecular flexibility index (Phi) is 13.9. The van der Waals surface area contributed by atoms with Gasteiger partial charge in [0.1, 0.15) is 5.75 Å². The molecule has 1 aromatic rings. The van der Waals surface area contributed by atoms with E-state index in [0.29, 0.717) is 0 Å². The molecule has 0 saturated heterocycles. The third-order valence-electron chi connectivity index (χ3n) is 4.45. The van der Waals surface area contributed by atoms with Crippen molar-refractivity contribution in [2.75, 3.05) is 6.61 Å². The minimum atomic E-state index is 0.843. The van der Waals surface area contributed by atoms with E-state index in [-0.39, 0.29) is 0 Å². The molecule has 23 heavy (non-hydrogen) atoms. The maximum absolute atomic E-state index is 5.68. The lowest BCUT2D eigenvalue weighted by Crippen LogP contribution is -1.96. The van der Waals surface area contributed by atoms with E-state index in [4.69, 9.17) is 4.74 Å². The first kappa shape index (κ1) is 20.1. The molecular weight excluding hydrogens is 280 g/mol. The van der Waals surface area contributed by atoms with Crippen LogP contribution in [-0.4, -0.2) is 6.61 Å². The summed E-state index contributed by atoms with van der Waals surface area (Å²) in [4.78, 5) is 0. The van der Waals surface area contributed by atoms with Gasteiger partial charge in [-0.15, -0.1) is 0 Å². The lowest BCUT2D eigenvalue weighted by atomic mass is 10.0. The molecule has 0 unspecified atom stereocenters. The molecule has 0 atom stereocenters. The van der Waals surface area contributed by atoms with Crippen LogP contribution in [0.5, 0.6) is 5.75 Å². The maximum atomic E-state index is 5.68. The summed E-state index contributed by atoms with van der Waals surface area (Å²) in [6.07, 6.45) is 19.6. The summed E-state index contributed by atoms with van der Waals surface area (Å²) < 4.78 is 5.68. The monoisotopic (exact) mass is 317 g/mol. The molecule has 0 saturated carbocycles. The molecule has 0 fully saturated rings. The van der Waals surface area contributed by atoms with Crippen LogP contribution in [0.15, 0.2) is 24.3 Å². The Balaban J connectivity index is 1.72. The van der Waals surface area contributed by atoms with Gasteiger partial charge in [0.05, 0.1) is 6.61 Å². The summed E-state index contributed by atoms with van der Waals surface area (Å²) in [5.41, 5.74) is 0. The van der Waals surface area contributed by atoms with Gasteiger partial charge in [0.25, 0.3) is 0 Å². The molecule has 1 radical (unpaired) electrons. The van der Waals surface area contributed by atoms with E-state index >= 15 is 0 Å². The summed E-state index contributed by atoms with van der Waals surface area (Å²) in [6.45, 7) is 3.13. The van der Waals surface area contributed by atoms with Crippen LogP contribution in [0.3, 0.4) is 0 Å². The Morgan fingerprint density at radius 1 is 0.739 bits per heavy atom. The second-order valence-corrected chi connectivity index (χ2v) is 6.68. The van der Waals surface area contributed by atoms with Crippen molar-refractivity contribution < 1.29 is 4.74 Å². The maximum Gasteiger partial charge on any atom is 0.119 e. The molecule has 0 spiro atoms. The molecule has 0 aromatic heterocycles. The average molecular weight is 318 g/mol. The smallest absolute Gasteiger partial charge is 0.119 e. The predicted molar refractivity (Wildman–Crippen MR) is 101 cm³/mol. The van der Waals surface area contributed by atoms with Gasteiger partial charge in [0, 0.05) is 0 Å². The summed E-state index contributed by atoms with van der Waals surface area (Å²) in [5, 5.41) is 0. The van der Waals surface area contributed by atoms with Crippen molar-refractivity contribution in [1.29, 1.82) is 0 Å². The van der Waals surface area contributed by atoms with Crippen molar-refractivity contribution in [1.82, 2.24) is 0 Å². The van der Waals surface area contributed by atoms with Gasteiger partial charge < -0.3 is 4.74 Å². The zero-order valence-corrected chi connectivity index (χ0v) is 15.3. The lowest BCUT2D eigenvalue weighted by Gasteiger charge is -2.05. The van der Waals surface area contributed by atoms with Gasteiger partial charge in [-0.1, -0.05) is 103 Å². The van der Waals surface area contributed by atoms with Gasteiger partial charge in [-0.2, -0.15) is 0 Å². The van der Waals surface area contributed by atoms with Crippen LogP contribution in [0.25, 0.3) is 0 Å². The fourth-order valence-electron chi connectivity index (χ4n) is 2.95. The zero-order chi connectivity index (χ0) is 16.4. The average Bonchev–Trinajstić information content (AvgIpc) is 2.59. The Morgan fingerprint density at radius 3 is 1.74 bits per heavy atom. The highest BCUT2D eigenvalue weighted by atomic mass is 16.5. The van der Waals surface area contributed by atoms with Crippen LogP contribution in [0.2, 0.25) is 0 Å². The Hall–Kier alpha value is -0.980. The van der Waals surface area contributed by atoms with Crippen LogP contribution in [-0.2, 0) is 0 Å². The van der Waals surface area contributed by atoms with E-state index in [1.165, 1.54) is 89.9 Å². The summed E-state index contributed by atoms with van der Waals surface area (Å²) in [6, 6.07) is 10.8. The van der Waals surface area contributed by atoms with Crippen molar-refractivity contribution in [2.24, 2.45) is 0 Å². The van der Waals surface area contributed by atoms with Gasteiger partial charge in [-0.3, -0.25) is 0 Å². The number of benzene rings is 1. The Labute approximate surface area is 144 Å². The number of unbranched alkanes of at least 4 members (excludes halogenated alkanes) is 13. The molecule has 0 aliphatic carbocycles. The topological polar surface area (TPSA) is 9.23 Å². The highest BCUT2D eigenvalue weighted by Gasteiger charge is 1.95.